The number of ether oxygens (including phenoxy) is 1. The first-order chi connectivity index (χ1) is 10.6. The number of carbonyl (C=O) groups excluding carboxylic acids is 1. The van der Waals surface area contributed by atoms with Crippen LogP contribution in [0.1, 0.15) is 21.8 Å². The van der Waals surface area contributed by atoms with Gasteiger partial charge in [0.2, 0.25) is 0 Å². The zero-order valence-electron chi connectivity index (χ0n) is 12.9. The molecule has 0 radical (unpaired) electrons. The zero-order chi connectivity index (χ0) is 15.5. The molecule has 0 saturated heterocycles. The number of fused-ring (bicyclic) bond motifs is 1. The van der Waals surface area contributed by atoms with E-state index in [0.717, 1.165) is 11.4 Å². The number of rotatable bonds is 4. The molecule has 0 aliphatic carbocycles. The summed E-state index contributed by atoms with van der Waals surface area (Å²) in [4.78, 5) is 14.2. The Labute approximate surface area is 130 Å². The van der Waals surface area contributed by atoms with E-state index in [1.54, 1.807) is 0 Å². The highest BCUT2D eigenvalue weighted by molar-refractivity contribution is 5.94. The summed E-state index contributed by atoms with van der Waals surface area (Å²) in [5.74, 6) is 1.10. The molecule has 0 aromatic heterocycles. The molecule has 0 saturated carbocycles. The summed E-state index contributed by atoms with van der Waals surface area (Å²) in [5.41, 5.74) is 2.93. The highest BCUT2D eigenvalue weighted by Gasteiger charge is 2.23. The topological polar surface area (TPSA) is 41.6 Å². The quantitative estimate of drug-likeness (QED) is 0.943. The van der Waals surface area contributed by atoms with Crippen molar-refractivity contribution in [2.45, 2.75) is 5.92 Å². The Morgan fingerprint density at radius 2 is 1.91 bits per heavy atom. The molecule has 0 spiro atoms. The molecule has 114 valence electrons. The standard InChI is InChI=1S/C18H20N2O2/c1-20(2)15-9-7-13(8-10-15)18(21)19-11-14-12-22-17-6-4-3-5-16(14)17/h3-10,14H,11-12H2,1-2H3,(H,19,21). The van der Waals surface area contributed by atoms with Crippen molar-refractivity contribution in [2.75, 3.05) is 32.1 Å². The van der Waals surface area contributed by atoms with Crippen LogP contribution in [0.25, 0.3) is 0 Å². The third-order valence-corrected chi connectivity index (χ3v) is 3.95. The lowest BCUT2D eigenvalue weighted by Gasteiger charge is -2.13. The van der Waals surface area contributed by atoms with E-state index in [2.05, 4.69) is 11.4 Å². The summed E-state index contributed by atoms with van der Waals surface area (Å²) >= 11 is 0. The summed E-state index contributed by atoms with van der Waals surface area (Å²) in [6, 6.07) is 15.6. The normalized spacial score (nSPS) is 15.8. The van der Waals surface area contributed by atoms with E-state index in [1.165, 1.54) is 5.56 Å². The predicted molar refractivity (Wildman–Crippen MR) is 87.8 cm³/mol. The minimum atomic E-state index is -0.0466. The molecule has 3 rings (SSSR count). The minimum absolute atomic E-state index is 0.0466. The van der Waals surface area contributed by atoms with Gasteiger partial charge in [0, 0.05) is 43.4 Å². The molecule has 1 N–H and O–H groups in total. The summed E-state index contributed by atoms with van der Waals surface area (Å²) in [7, 11) is 3.96. The SMILES string of the molecule is CN(C)c1ccc(C(=O)NCC2COc3ccccc32)cc1. The molecule has 1 amide bonds. The molecule has 0 fully saturated rings. The van der Waals surface area contributed by atoms with Crippen LogP contribution in [0.2, 0.25) is 0 Å². The fraction of sp³-hybridized carbons (Fsp3) is 0.278. The number of para-hydroxylation sites is 1. The summed E-state index contributed by atoms with van der Waals surface area (Å²) < 4.78 is 5.63. The number of nitrogens with one attached hydrogen (secondary N) is 1. The fourth-order valence-electron chi connectivity index (χ4n) is 2.63. The lowest BCUT2D eigenvalue weighted by Crippen LogP contribution is -2.29. The van der Waals surface area contributed by atoms with Crippen LogP contribution in [0.4, 0.5) is 5.69 Å². The smallest absolute Gasteiger partial charge is 0.251 e. The van der Waals surface area contributed by atoms with Crippen LogP contribution in [0.5, 0.6) is 5.75 Å². The van der Waals surface area contributed by atoms with Gasteiger partial charge in [0.15, 0.2) is 0 Å². The Bertz CT molecular complexity index is 665. The molecule has 1 aliphatic rings. The first-order valence-electron chi connectivity index (χ1n) is 7.42. The van der Waals surface area contributed by atoms with Gasteiger partial charge in [-0.1, -0.05) is 18.2 Å². The third-order valence-electron chi connectivity index (χ3n) is 3.95. The molecule has 0 bridgehead atoms. The maximum atomic E-state index is 12.2. The van der Waals surface area contributed by atoms with Crippen LogP contribution in [-0.4, -0.2) is 33.2 Å². The average molecular weight is 296 g/mol. The Morgan fingerprint density at radius 1 is 1.18 bits per heavy atom. The monoisotopic (exact) mass is 296 g/mol. The van der Waals surface area contributed by atoms with Crippen molar-refractivity contribution in [2.24, 2.45) is 0 Å². The van der Waals surface area contributed by atoms with Crippen LogP contribution in [-0.2, 0) is 0 Å². The maximum absolute atomic E-state index is 12.2. The van der Waals surface area contributed by atoms with Gasteiger partial charge in [0.1, 0.15) is 5.75 Å². The van der Waals surface area contributed by atoms with E-state index in [9.17, 15) is 4.79 Å². The first kappa shape index (κ1) is 14.4. The zero-order valence-corrected chi connectivity index (χ0v) is 12.9. The van der Waals surface area contributed by atoms with E-state index in [1.807, 2.05) is 61.5 Å². The number of anilines is 1. The summed E-state index contributed by atoms with van der Waals surface area (Å²) in [6.07, 6.45) is 0. The summed E-state index contributed by atoms with van der Waals surface area (Å²) in [6.45, 7) is 1.21. The third kappa shape index (κ3) is 2.91. The number of carbonyl (C=O) groups is 1. The van der Waals surface area contributed by atoms with E-state index < -0.39 is 0 Å². The van der Waals surface area contributed by atoms with Crippen LogP contribution in [0, 0.1) is 0 Å². The van der Waals surface area contributed by atoms with E-state index in [0.29, 0.717) is 18.7 Å². The second kappa shape index (κ2) is 6.10. The Kier molecular flexibility index (Phi) is 4.00. The number of amides is 1. The highest BCUT2D eigenvalue weighted by atomic mass is 16.5. The Morgan fingerprint density at radius 3 is 2.64 bits per heavy atom. The molecule has 22 heavy (non-hydrogen) atoms. The fourth-order valence-corrected chi connectivity index (χ4v) is 2.63. The maximum Gasteiger partial charge on any atom is 0.251 e. The molecule has 2 aromatic rings. The Balaban J connectivity index is 1.61. The lowest BCUT2D eigenvalue weighted by atomic mass is 10.0. The van der Waals surface area contributed by atoms with Crippen LogP contribution < -0.4 is 15.0 Å². The van der Waals surface area contributed by atoms with Crippen molar-refractivity contribution in [1.29, 1.82) is 0 Å². The van der Waals surface area contributed by atoms with Gasteiger partial charge in [-0.25, -0.2) is 0 Å². The minimum Gasteiger partial charge on any atom is -0.493 e. The average Bonchev–Trinajstić information content (AvgIpc) is 2.96. The van der Waals surface area contributed by atoms with E-state index >= 15 is 0 Å². The van der Waals surface area contributed by atoms with Crippen LogP contribution in [0.3, 0.4) is 0 Å². The number of benzene rings is 2. The van der Waals surface area contributed by atoms with Crippen LogP contribution >= 0.6 is 0 Å². The highest BCUT2D eigenvalue weighted by Crippen LogP contribution is 2.32. The van der Waals surface area contributed by atoms with E-state index in [-0.39, 0.29) is 11.8 Å². The van der Waals surface area contributed by atoms with Gasteiger partial charge >= 0.3 is 0 Å². The number of hydrogen-bond donors (Lipinski definition) is 1. The van der Waals surface area contributed by atoms with Gasteiger partial charge in [-0.2, -0.15) is 0 Å². The molecular formula is C18H20N2O2. The van der Waals surface area contributed by atoms with Gasteiger partial charge in [-0.15, -0.1) is 0 Å². The second-order valence-corrected chi connectivity index (χ2v) is 5.70. The molecule has 2 aromatic carbocycles. The van der Waals surface area contributed by atoms with Crippen LogP contribution in [0.15, 0.2) is 48.5 Å². The molecular weight excluding hydrogens is 276 g/mol. The van der Waals surface area contributed by atoms with Gasteiger partial charge in [-0.3, -0.25) is 4.79 Å². The molecule has 1 unspecified atom stereocenters. The van der Waals surface area contributed by atoms with Crippen molar-refractivity contribution in [3.8, 4) is 5.75 Å². The van der Waals surface area contributed by atoms with Crippen molar-refractivity contribution >= 4 is 11.6 Å². The van der Waals surface area contributed by atoms with Crippen molar-refractivity contribution in [1.82, 2.24) is 5.32 Å². The largest absolute Gasteiger partial charge is 0.493 e. The van der Waals surface area contributed by atoms with Gasteiger partial charge in [0.25, 0.3) is 5.91 Å². The van der Waals surface area contributed by atoms with Crippen molar-refractivity contribution in [3.05, 3.63) is 59.7 Å². The van der Waals surface area contributed by atoms with Gasteiger partial charge < -0.3 is 15.0 Å². The molecule has 1 aliphatic heterocycles. The van der Waals surface area contributed by atoms with Gasteiger partial charge in [0.05, 0.1) is 6.61 Å². The first-order valence-corrected chi connectivity index (χ1v) is 7.42. The van der Waals surface area contributed by atoms with Crippen molar-refractivity contribution < 1.29 is 9.53 Å². The molecule has 4 heteroatoms. The molecule has 4 nitrogen and oxygen atoms in total. The van der Waals surface area contributed by atoms with Gasteiger partial charge in [-0.05, 0) is 30.3 Å². The molecule has 1 heterocycles. The number of hydrogen-bond acceptors (Lipinski definition) is 3. The number of nitrogens with zero attached hydrogens (tertiary/aromatic N) is 1. The predicted octanol–water partition coefficient (Wildman–Crippen LogP) is 2.66. The van der Waals surface area contributed by atoms with Crippen molar-refractivity contribution in [3.63, 3.8) is 0 Å². The second-order valence-electron chi connectivity index (χ2n) is 5.70. The van der Waals surface area contributed by atoms with E-state index in [4.69, 9.17) is 4.74 Å². The Hall–Kier alpha value is -2.49. The molecule has 1 atom stereocenters. The summed E-state index contributed by atoms with van der Waals surface area (Å²) in [5, 5.41) is 3.00. The lowest BCUT2D eigenvalue weighted by molar-refractivity contribution is 0.0950.